The summed E-state index contributed by atoms with van der Waals surface area (Å²) in [4.78, 5) is 27.4. The van der Waals surface area contributed by atoms with Crippen molar-refractivity contribution < 1.29 is 14.3 Å². The second kappa shape index (κ2) is 8.27. The molecule has 29 heavy (non-hydrogen) atoms. The van der Waals surface area contributed by atoms with Crippen LogP contribution in [0, 0.1) is 11.1 Å². The van der Waals surface area contributed by atoms with Crippen molar-refractivity contribution in [1.82, 2.24) is 4.90 Å². The SMILES string of the molecule is O=C(c1ccc(-c2ccccc2)cc1)[C@@H]1CCCN(C(=O)c2ccc[n+]([O-])c2)C1. The minimum Gasteiger partial charge on any atom is -0.619 e. The largest absolute Gasteiger partial charge is 0.619 e. The van der Waals surface area contributed by atoms with Crippen LogP contribution in [0.25, 0.3) is 11.1 Å². The van der Waals surface area contributed by atoms with E-state index in [4.69, 9.17) is 0 Å². The lowest BCUT2D eigenvalue weighted by Crippen LogP contribution is -2.43. The van der Waals surface area contributed by atoms with Crippen LogP contribution < -0.4 is 4.73 Å². The molecule has 4 rings (SSSR count). The minimum absolute atomic E-state index is 0.0639. The first-order valence-electron chi connectivity index (χ1n) is 9.79. The van der Waals surface area contributed by atoms with Crippen LogP contribution in [0.4, 0.5) is 0 Å². The first-order chi connectivity index (χ1) is 14.1. The molecule has 3 aromatic rings. The number of hydrogen-bond acceptors (Lipinski definition) is 3. The van der Waals surface area contributed by atoms with Gasteiger partial charge in [0.2, 0.25) is 0 Å². The predicted molar refractivity (Wildman–Crippen MR) is 110 cm³/mol. The maximum absolute atomic E-state index is 13.0. The third-order valence-corrected chi connectivity index (χ3v) is 5.38. The molecule has 0 spiro atoms. The Kier molecular flexibility index (Phi) is 5.38. The van der Waals surface area contributed by atoms with E-state index in [2.05, 4.69) is 0 Å². The zero-order valence-corrected chi connectivity index (χ0v) is 16.0. The third-order valence-electron chi connectivity index (χ3n) is 5.38. The Hall–Kier alpha value is -3.47. The summed E-state index contributed by atoms with van der Waals surface area (Å²) in [6, 6.07) is 20.9. The summed E-state index contributed by atoms with van der Waals surface area (Å²) in [5, 5.41) is 11.5. The van der Waals surface area contributed by atoms with Gasteiger partial charge >= 0.3 is 0 Å². The number of nitrogens with zero attached hydrogens (tertiary/aromatic N) is 2. The quantitative estimate of drug-likeness (QED) is 0.390. The van der Waals surface area contributed by atoms with E-state index in [1.807, 2.05) is 54.6 Å². The molecular weight excluding hydrogens is 364 g/mol. The molecule has 0 N–H and O–H groups in total. The Morgan fingerprint density at radius 2 is 1.62 bits per heavy atom. The number of pyridine rings is 1. The number of rotatable bonds is 4. The molecule has 1 amide bonds. The van der Waals surface area contributed by atoms with Gasteiger partial charge in [0.1, 0.15) is 5.56 Å². The standard InChI is InChI=1S/C24H22N2O3/c27-23(20-12-10-19(11-13-20)18-6-2-1-3-7-18)21-8-4-14-25(16-21)24(28)22-9-5-15-26(29)17-22/h1-3,5-7,9-13,15,17,21H,4,8,14,16H2/t21-/m1/s1. The van der Waals surface area contributed by atoms with Gasteiger partial charge in [0.05, 0.1) is 0 Å². The molecule has 1 atom stereocenters. The van der Waals surface area contributed by atoms with Gasteiger partial charge in [0.15, 0.2) is 18.2 Å². The number of carbonyl (C=O) groups excluding carboxylic acids is 2. The first kappa shape index (κ1) is 18.9. The molecule has 0 radical (unpaired) electrons. The van der Waals surface area contributed by atoms with Gasteiger partial charge in [-0.3, -0.25) is 9.59 Å². The molecule has 0 unspecified atom stereocenters. The fraction of sp³-hybridized carbons (Fsp3) is 0.208. The second-order valence-electron chi connectivity index (χ2n) is 7.35. The number of carbonyl (C=O) groups is 2. The topological polar surface area (TPSA) is 64.3 Å². The molecule has 0 aliphatic carbocycles. The van der Waals surface area contributed by atoms with Crippen LogP contribution in [0.15, 0.2) is 79.1 Å². The fourth-order valence-corrected chi connectivity index (χ4v) is 3.83. The van der Waals surface area contributed by atoms with Crippen LogP contribution >= 0.6 is 0 Å². The average molecular weight is 386 g/mol. The van der Waals surface area contributed by atoms with Crippen LogP contribution in [0.3, 0.4) is 0 Å². The molecule has 1 fully saturated rings. The van der Waals surface area contributed by atoms with Crippen molar-refractivity contribution in [3.05, 3.63) is 95.5 Å². The summed E-state index contributed by atoms with van der Waals surface area (Å²) in [6.45, 7) is 0.981. The van der Waals surface area contributed by atoms with Crippen molar-refractivity contribution in [2.45, 2.75) is 12.8 Å². The lowest BCUT2D eigenvalue weighted by Gasteiger charge is -2.32. The van der Waals surface area contributed by atoms with Gasteiger partial charge in [0.25, 0.3) is 5.91 Å². The summed E-state index contributed by atoms with van der Waals surface area (Å²) >= 11 is 0. The lowest BCUT2D eigenvalue weighted by molar-refractivity contribution is -0.605. The van der Waals surface area contributed by atoms with Crippen molar-refractivity contribution in [2.24, 2.45) is 5.92 Å². The molecule has 0 saturated carbocycles. The van der Waals surface area contributed by atoms with E-state index in [0.29, 0.717) is 28.9 Å². The number of amides is 1. The van der Waals surface area contributed by atoms with Crippen molar-refractivity contribution in [2.75, 3.05) is 13.1 Å². The molecule has 5 nitrogen and oxygen atoms in total. The van der Waals surface area contributed by atoms with Crippen molar-refractivity contribution in [3.8, 4) is 11.1 Å². The monoisotopic (exact) mass is 386 g/mol. The van der Waals surface area contributed by atoms with Gasteiger partial charge in [-0.1, -0.05) is 54.6 Å². The Morgan fingerprint density at radius 1 is 0.897 bits per heavy atom. The Morgan fingerprint density at radius 3 is 2.34 bits per heavy atom. The minimum atomic E-state index is -0.224. The van der Waals surface area contributed by atoms with Crippen LogP contribution in [0.5, 0.6) is 0 Å². The van der Waals surface area contributed by atoms with Gasteiger partial charge in [-0.15, -0.1) is 0 Å². The van der Waals surface area contributed by atoms with Crippen molar-refractivity contribution in [3.63, 3.8) is 0 Å². The highest BCUT2D eigenvalue weighted by Gasteiger charge is 2.30. The summed E-state index contributed by atoms with van der Waals surface area (Å²) in [6.07, 6.45) is 4.16. The van der Waals surface area contributed by atoms with E-state index < -0.39 is 0 Å². The Bertz CT molecular complexity index is 1020. The average Bonchev–Trinajstić information content (AvgIpc) is 2.79. The lowest BCUT2D eigenvalue weighted by atomic mass is 9.89. The number of benzene rings is 2. The highest BCUT2D eigenvalue weighted by Crippen LogP contribution is 2.24. The molecule has 0 bridgehead atoms. The fourth-order valence-electron chi connectivity index (χ4n) is 3.83. The summed E-state index contributed by atoms with van der Waals surface area (Å²) in [5.41, 5.74) is 3.20. The van der Waals surface area contributed by atoms with Crippen LogP contribution in [-0.4, -0.2) is 29.7 Å². The molecule has 2 aromatic carbocycles. The van der Waals surface area contributed by atoms with E-state index in [1.165, 1.54) is 12.4 Å². The second-order valence-corrected chi connectivity index (χ2v) is 7.35. The van der Waals surface area contributed by atoms with Gasteiger partial charge in [-0.05, 0) is 30.0 Å². The van der Waals surface area contributed by atoms with Gasteiger partial charge in [-0.2, -0.15) is 4.73 Å². The number of hydrogen-bond donors (Lipinski definition) is 0. The summed E-state index contributed by atoms with van der Waals surface area (Å²) in [7, 11) is 0. The number of aromatic nitrogens is 1. The van der Waals surface area contributed by atoms with Crippen molar-refractivity contribution >= 4 is 11.7 Å². The molecule has 1 aliphatic rings. The van der Waals surface area contributed by atoms with Gasteiger partial charge in [-0.25, -0.2) is 0 Å². The Labute approximate surface area is 169 Å². The van der Waals surface area contributed by atoms with E-state index in [1.54, 1.807) is 17.0 Å². The molecule has 1 aliphatic heterocycles. The predicted octanol–water partition coefficient (Wildman–Crippen LogP) is 3.72. The maximum Gasteiger partial charge on any atom is 0.259 e. The molecule has 1 aromatic heterocycles. The zero-order chi connectivity index (χ0) is 20.2. The van der Waals surface area contributed by atoms with Crippen LogP contribution in [-0.2, 0) is 0 Å². The normalized spacial score (nSPS) is 16.4. The molecule has 1 saturated heterocycles. The first-order valence-corrected chi connectivity index (χ1v) is 9.79. The number of piperidine rings is 1. The third kappa shape index (κ3) is 4.19. The van der Waals surface area contributed by atoms with Crippen molar-refractivity contribution in [1.29, 1.82) is 0 Å². The van der Waals surface area contributed by atoms with E-state index >= 15 is 0 Å². The van der Waals surface area contributed by atoms with Gasteiger partial charge < -0.3 is 10.1 Å². The molecule has 146 valence electrons. The van der Waals surface area contributed by atoms with E-state index in [-0.39, 0.29) is 17.6 Å². The highest BCUT2D eigenvalue weighted by molar-refractivity contribution is 5.99. The maximum atomic E-state index is 13.0. The van der Waals surface area contributed by atoms with Crippen LogP contribution in [0.1, 0.15) is 33.6 Å². The Balaban J connectivity index is 1.46. The zero-order valence-electron chi connectivity index (χ0n) is 16.0. The number of likely N-dealkylation sites (tertiary alicyclic amines) is 1. The number of Topliss-reactive ketones (excluding diaryl/α,β-unsaturated/α-hetero) is 1. The summed E-state index contributed by atoms with van der Waals surface area (Å²) in [5.74, 6) is -0.362. The number of ketones is 1. The molecule has 5 heteroatoms. The van der Waals surface area contributed by atoms with Crippen LogP contribution in [0.2, 0.25) is 0 Å². The highest BCUT2D eigenvalue weighted by atomic mass is 16.5. The van der Waals surface area contributed by atoms with E-state index in [0.717, 1.165) is 24.0 Å². The van der Waals surface area contributed by atoms with Gasteiger partial charge in [0, 0.05) is 30.6 Å². The smallest absolute Gasteiger partial charge is 0.259 e. The molecular formula is C24H22N2O3. The van der Waals surface area contributed by atoms with E-state index in [9.17, 15) is 14.8 Å². The molecule has 2 heterocycles. The summed E-state index contributed by atoms with van der Waals surface area (Å²) < 4.78 is 0.619.